The highest BCUT2D eigenvalue weighted by Gasteiger charge is 2.50. The van der Waals surface area contributed by atoms with Gasteiger partial charge in [0.1, 0.15) is 0 Å². The van der Waals surface area contributed by atoms with Gasteiger partial charge in [0.25, 0.3) is 0 Å². The second kappa shape index (κ2) is 6.00. The molecule has 0 unspecified atom stereocenters. The van der Waals surface area contributed by atoms with Crippen LogP contribution in [0.2, 0.25) is 0 Å². The van der Waals surface area contributed by atoms with Crippen LogP contribution in [0.3, 0.4) is 0 Å². The SMILES string of the molecule is O=C(O)c1cc(-c2ccccc2)[nH]c1CCC12CC3CC(CC(C3)C1)C2. The van der Waals surface area contributed by atoms with Gasteiger partial charge in [-0.25, -0.2) is 4.79 Å². The van der Waals surface area contributed by atoms with E-state index in [1.54, 1.807) is 0 Å². The Morgan fingerprint density at radius 3 is 2.23 bits per heavy atom. The number of aromatic carboxylic acids is 1. The fourth-order valence-corrected chi connectivity index (χ4v) is 6.64. The molecule has 4 bridgehead atoms. The lowest BCUT2D eigenvalue weighted by Gasteiger charge is -2.57. The minimum Gasteiger partial charge on any atom is -0.478 e. The van der Waals surface area contributed by atoms with E-state index in [4.69, 9.17) is 0 Å². The number of aromatic nitrogens is 1. The molecule has 0 atom stereocenters. The Labute approximate surface area is 154 Å². The monoisotopic (exact) mass is 349 g/mol. The third kappa shape index (κ3) is 2.78. The van der Waals surface area contributed by atoms with Gasteiger partial charge in [-0.1, -0.05) is 30.3 Å². The van der Waals surface area contributed by atoms with E-state index in [2.05, 4.69) is 4.98 Å². The van der Waals surface area contributed by atoms with Crippen LogP contribution in [0.1, 0.15) is 61.0 Å². The van der Waals surface area contributed by atoms with Crippen molar-refractivity contribution in [3.63, 3.8) is 0 Å². The second-order valence-electron chi connectivity index (χ2n) is 9.16. The Morgan fingerprint density at radius 1 is 1.04 bits per heavy atom. The van der Waals surface area contributed by atoms with E-state index in [0.29, 0.717) is 11.0 Å². The van der Waals surface area contributed by atoms with Crippen LogP contribution in [0.4, 0.5) is 0 Å². The summed E-state index contributed by atoms with van der Waals surface area (Å²) < 4.78 is 0. The van der Waals surface area contributed by atoms with Crippen molar-refractivity contribution in [1.29, 1.82) is 0 Å². The third-order valence-electron chi connectivity index (χ3n) is 7.28. The summed E-state index contributed by atoms with van der Waals surface area (Å²) in [5.74, 6) is 2.03. The largest absolute Gasteiger partial charge is 0.478 e. The molecule has 4 fully saturated rings. The summed E-state index contributed by atoms with van der Waals surface area (Å²) in [4.78, 5) is 15.2. The number of carbonyl (C=O) groups is 1. The Kier molecular flexibility index (Phi) is 3.73. The van der Waals surface area contributed by atoms with Crippen LogP contribution < -0.4 is 0 Å². The predicted molar refractivity (Wildman–Crippen MR) is 102 cm³/mol. The first-order chi connectivity index (χ1) is 12.6. The first-order valence-electron chi connectivity index (χ1n) is 10.1. The van der Waals surface area contributed by atoms with Gasteiger partial charge in [0.2, 0.25) is 0 Å². The van der Waals surface area contributed by atoms with Gasteiger partial charge in [-0.3, -0.25) is 0 Å². The highest BCUT2D eigenvalue weighted by molar-refractivity contribution is 5.91. The van der Waals surface area contributed by atoms with Crippen molar-refractivity contribution < 1.29 is 9.90 Å². The van der Waals surface area contributed by atoms with Gasteiger partial charge >= 0.3 is 5.97 Å². The first-order valence-corrected chi connectivity index (χ1v) is 10.1. The normalized spacial score (nSPS) is 32.1. The molecule has 0 spiro atoms. The lowest BCUT2D eigenvalue weighted by molar-refractivity contribution is -0.0570. The molecule has 3 heteroatoms. The quantitative estimate of drug-likeness (QED) is 0.746. The molecule has 2 N–H and O–H groups in total. The van der Waals surface area contributed by atoms with E-state index < -0.39 is 5.97 Å². The fraction of sp³-hybridized carbons (Fsp3) is 0.522. The van der Waals surface area contributed by atoms with Gasteiger partial charge in [0.05, 0.1) is 5.56 Å². The summed E-state index contributed by atoms with van der Waals surface area (Å²) in [6.07, 6.45) is 10.5. The molecule has 0 aliphatic heterocycles. The summed E-state index contributed by atoms with van der Waals surface area (Å²) >= 11 is 0. The molecule has 0 amide bonds. The van der Waals surface area contributed by atoms with E-state index in [9.17, 15) is 9.90 Å². The standard InChI is InChI=1S/C23H27NO2/c25-22(26)19-11-21(18-4-2-1-3-5-18)24-20(19)6-7-23-12-15-8-16(13-23)10-17(9-15)14-23/h1-5,11,15-17,24H,6-10,12-14H2,(H,25,26). The third-order valence-corrected chi connectivity index (χ3v) is 7.28. The van der Waals surface area contributed by atoms with E-state index >= 15 is 0 Å². The molecule has 3 nitrogen and oxygen atoms in total. The molecule has 6 rings (SSSR count). The molecule has 1 aromatic carbocycles. The van der Waals surface area contributed by atoms with Crippen LogP contribution in [0.25, 0.3) is 11.3 Å². The van der Waals surface area contributed by atoms with Crippen molar-refractivity contribution in [2.24, 2.45) is 23.2 Å². The van der Waals surface area contributed by atoms with Gasteiger partial charge < -0.3 is 10.1 Å². The molecule has 1 heterocycles. The number of aromatic amines is 1. The van der Waals surface area contributed by atoms with E-state index in [1.807, 2.05) is 36.4 Å². The molecule has 0 radical (unpaired) electrons. The number of aryl methyl sites for hydroxylation is 1. The van der Waals surface area contributed by atoms with Crippen LogP contribution in [0.5, 0.6) is 0 Å². The Balaban J connectivity index is 1.39. The summed E-state index contributed by atoms with van der Waals surface area (Å²) in [7, 11) is 0. The molecular formula is C23H27NO2. The molecule has 0 saturated heterocycles. The van der Waals surface area contributed by atoms with Crippen molar-refractivity contribution >= 4 is 5.97 Å². The molecule has 1 aromatic heterocycles. The number of hydrogen-bond donors (Lipinski definition) is 2. The highest BCUT2D eigenvalue weighted by Crippen LogP contribution is 2.61. The Hall–Kier alpha value is -2.03. The Morgan fingerprint density at radius 2 is 1.65 bits per heavy atom. The van der Waals surface area contributed by atoms with Crippen molar-refractivity contribution in [3.8, 4) is 11.3 Å². The molecule has 26 heavy (non-hydrogen) atoms. The molecule has 4 aliphatic rings. The number of carboxylic acid groups (broad SMARTS) is 1. The smallest absolute Gasteiger partial charge is 0.337 e. The van der Waals surface area contributed by atoms with Crippen LogP contribution in [-0.4, -0.2) is 16.1 Å². The minimum absolute atomic E-state index is 0.452. The zero-order valence-corrected chi connectivity index (χ0v) is 15.2. The number of rotatable bonds is 5. The van der Waals surface area contributed by atoms with Crippen LogP contribution in [0, 0.1) is 23.2 Å². The van der Waals surface area contributed by atoms with Crippen molar-refractivity contribution in [2.45, 2.75) is 51.4 Å². The van der Waals surface area contributed by atoms with Crippen molar-refractivity contribution in [2.75, 3.05) is 0 Å². The number of carboxylic acids is 1. The van der Waals surface area contributed by atoms with Crippen LogP contribution in [-0.2, 0) is 6.42 Å². The van der Waals surface area contributed by atoms with Gasteiger partial charge in [-0.2, -0.15) is 0 Å². The first kappa shape index (κ1) is 16.2. The van der Waals surface area contributed by atoms with E-state index in [-0.39, 0.29) is 0 Å². The second-order valence-corrected chi connectivity index (χ2v) is 9.16. The zero-order valence-electron chi connectivity index (χ0n) is 15.2. The number of benzene rings is 1. The highest BCUT2D eigenvalue weighted by atomic mass is 16.4. The lowest BCUT2D eigenvalue weighted by atomic mass is 9.48. The number of H-pyrrole nitrogens is 1. The van der Waals surface area contributed by atoms with Gasteiger partial charge in [0.15, 0.2) is 0 Å². The topological polar surface area (TPSA) is 53.1 Å². The van der Waals surface area contributed by atoms with E-state index in [0.717, 1.165) is 47.5 Å². The molecule has 4 aliphatic carbocycles. The van der Waals surface area contributed by atoms with Gasteiger partial charge in [-0.05, 0) is 86.2 Å². The van der Waals surface area contributed by atoms with Crippen LogP contribution >= 0.6 is 0 Å². The molecule has 4 saturated carbocycles. The molecule has 136 valence electrons. The molecule has 2 aromatic rings. The van der Waals surface area contributed by atoms with Crippen LogP contribution in [0.15, 0.2) is 36.4 Å². The van der Waals surface area contributed by atoms with Gasteiger partial charge in [-0.15, -0.1) is 0 Å². The van der Waals surface area contributed by atoms with E-state index in [1.165, 1.54) is 38.5 Å². The van der Waals surface area contributed by atoms with Crippen molar-refractivity contribution in [3.05, 3.63) is 47.7 Å². The predicted octanol–water partition coefficient (Wildman–Crippen LogP) is 5.53. The zero-order chi connectivity index (χ0) is 17.7. The summed E-state index contributed by atoms with van der Waals surface area (Å²) in [5.41, 5.74) is 3.82. The summed E-state index contributed by atoms with van der Waals surface area (Å²) in [6.45, 7) is 0. The summed E-state index contributed by atoms with van der Waals surface area (Å²) in [5, 5.41) is 9.67. The average molecular weight is 349 g/mol. The minimum atomic E-state index is -0.816. The van der Waals surface area contributed by atoms with Gasteiger partial charge in [0, 0.05) is 11.4 Å². The Bertz CT molecular complexity index is 785. The number of hydrogen-bond acceptors (Lipinski definition) is 1. The lowest BCUT2D eigenvalue weighted by Crippen LogP contribution is -2.46. The maximum absolute atomic E-state index is 11.8. The maximum Gasteiger partial charge on any atom is 0.337 e. The van der Waals surface area contributed by atoms with Crippen molar-refractivity contribution in [1.82, 2.24) is 4.98 Å². The average Bonchev–Trinajstić information content (AvgIpc) is 3.04. The summed E-state index contributed by atoms with van der Waals surface area (Å²) in [6, 6.07) is 11.8. The number of nitrogens with one attached hydrogen (secondary N) is 1. The molecular weight excluding hydrogens is 322 g/mol. The maximum atomic E-state index is 11.8. The fourth-order valence-electron chi connectivity index (χ4n) is 6.64.